The molecule has 3 aromatic rings. The third kappa shape index (κ3) is 3.52. The topological polar surface area (TPSA) is 103 Å². The van der Waals surface area contributed by atoms with Gasteiger partial charge in [-0.15, -0.1) is 0 Å². The van der Waals surface area contributed by atoms with E-state index in [4.69, 9.17) is 0 Å². The first-order valence-corrected chi connectivity index (χ1v) is 7.49. The molecule has 0 bridgehead atoms. The molecule has 0 saturated carbocycles. The molecule has 8 nitrogen and oxygen atoms in total. The van der Waals surface area contributed by atoms with Gasteiger partial charge in [-0.2, -0.15) is 5.10 Å². The second kappa shape index (κ2) is 6.52. The number of nitrogens with zero attached hydrogens (tertiary/aromatic N) is 4. The number of amides is 1. The van der Waals surface area contributed by atoms with Crippen molar-refractivity contribution < 1.29 is 9.72 Å². The van der Waals surface area contributed by atoms with E-state index in [1.807, 2.05) is 19.9 Å². The predicted octanol–water partition coefficient (Wildman–Crippen LogP) is 3.04. The van der Waals surface area contributed by atoms with Gasteiger partial charge in [0.1, 0.15) is 0 Å². The number of aryl methyl sites for hydroxylation is 2. The smallest absolute Gasteiger partial charge is 0.271 e. The van der Waals surface area contributed by atoms with Crippen LogP contribution in [0.25, 0.3) is 5.82 Å². The highest BCUT2D eigenvalue weighted by Gasteiger charge is 2.11. The molecule has 0 fully saturated rings. The van der Waals surface area contributed by atoms with Gasteiger partial charge in [0.05, 0.1) is 16.2 Å². The van der Waals surface area contributed by atoms with Crippen LogP contribution in [0.3, 0.4) is 0 Å². The van der Waals surface area contributed by atoms with E-state index in [-0.39, 0.29) is 5.69 Å². The van der Waals surface area contributed by atoms with Crippen LogP contribution in [0.1, 0.15) is 21.7 Å². The molecule has 1 N–H and O–H groups in total. The molecule has 0 radical (unpaired) electrons. The van der Waals surface area contributed by atoms with Crippen molar-refractivity contribution in [1.82, 2.24) is 14.8 Å². The molecule has 3 rings (SSSR count). The summed E-state index contributed by atoms with van der Waals surface area (Å²) in [7, 11) is 0. The van der Waals surface area contributed by atoms with Gasteiger partial charge >= 0.3 is 0 Å². The van der Waals surface area contributed by atoms with E-state index in [9.17, 15) is 14.9 Å². The van der Waals surface area contributed by atoms with Crippen LogP contribution in [0.2, 0.25) is 0 Å². The van der Waals surface area contributed by atoms with Crippen molar-refractivity contribution in [3.8, 4) is 5.82 Å². The molecule has 0 saturated heterocycles. The highest BCUT2D eigenvalue weighted by molar-refractivity contribution is 6.04. The molecule has 0 aliphatic carbocycles. The Labute approximate surface area is 143 Å². The summed E-state index contributed by atoms with van der Waals surface area (Å²) >= 11 is 0. The third-order valence-corrected chi connectivity index (χ3v) is 3.55. The average Bonchev–Trinajstić information content (AvgIpc) is 2.93. The molecule has 126 valence electrons. The molecule has 0 aliphatic rings. The molecule has 25 heavy (non-hydrogen) atoms. The standard InChI is InChI=1S/C17H15N5O3/c1-11-8-12(2)21(20-11)16-7-6-13(10-18-16)17(23)19-14-4-3-5-15(9-14)22(24)25/h3-10H,1-2H3,(H,19,23). The van der Waals surface area contributed by atoms with Crippen LogP contribution >= 0.6 is 0 Å². The number of nitro benzene ring substituents is 1. The van der Waals surface area contributed by atoms with Crippen LogP contribution in [0.15, 0.2) is 48.7 Å². The zero-order valence-corrected chi connectivity index (χ0v) is 13.6. The number of aromatic nitrogens is 3. The molecular formula is C17H15N5O3. The fraction of sp³-hybridized carbons (Fsp3) is 0.118. The Kier molecular flexibility index (Phi) is 4.25. The first kappa shape index (κ1) is 16.3. The number of carbonyl (C=O) groups excluding carboxylic acids is 1. The van der Waals surface area contributed by atoms with Crippen LogP contribution < -0.4 is 5.32 Å². The zero-order chi connectivity index (χ0) is 18.0. The van der Waals surface area contributed by atoms with Crippen molar-refractivity contribution in [2.75, 3.05) is 5.32 Å². The Hall–Kier alpha value is -3.55. The Balaban J connectivity index is 1.78. The van der Waals surface area contributed by atoms with Gasteiger partial charge in [-0.3, -0.25) is 14.9 Å². The summed E-state index contributed by atoms with van der Waals surface area (Å²) in [5, 5.41) is 17.7. The van der Waals surface area contributed by atoms with Crippen molar-refractivity contribution in [3.05, 3.63) is 75.7 Å². The maximum Gasteiger partial charge on any atom is 0.271 e. The second-order valence-electron chi connectivity index (χ2n) is 5.51. The Morgan fingerprint density at radius 1 is 1.20 bits per heavy atom. The average molecular weight is 337 g/mol. The summed E-state index contributed by atoms with van der Waals surface area (Å²) in [5.41, 5.74) is 2.43. The minimum Gasteiger partial charge on any atom is -0.322 e. The number of hydrogen-bond donors (Lipinski definition) is 1. The van der Waals surface area contributed by atoms with E-state index in [0.29, 0.717) is 17.1 Å². The molecule has 8 heteroatoms. The van der Waals surface area contributed by atoms with Crippen LogP contribution in [-0.2, 0) is 0 Å². The minimum atomic E-state index is -0.513. The fourth-order valence-corrected chi connectivity index (χ4v) is 2.41. The van der Waals surface area contributed by atoms with Crippen molar-refractivity contribution in [2.24, 2.45) is 0 Å². The summed E-state index contributed by atoms with van der Waals surface area (Å²) in [5.74, 6) is 0.213. The number of benzene rings is 1. The van der Waals surface area contributed by atoms with Gasteiger partial charge in [-0.05, 0) is 38.1 Å². The number of hydrogen-bond acceptors (Lipinski definition) is 5. The van der Waals surface area contributed by atoms with Crippen molar-refractivity contribution in [1.29, 1.82) is 0 Å². The summed E-state index contributed by atoms with van der Waals surface area (Å²) < 4.78 is 1.69. The van der Waals surface area contributed by atoms with Crippen molar-refractivity contribution >= 4 is 17.3 Å². The van der Waals surface area contributed by atoms with Crippen LogP contribution in [0, 0.1) is 24.0 Å². The Morgan fingerprint density at radius 3 is 2.60 bits per heavy atom. The minimum absolute atomic E-state index is 0.0872. The van der Waals surface area contributed by atoms with Gasteiger partial charge in [-0.1, -0.05) is 6.07 Å². The number of rotatable bonds is 4. The Morgan fingerprint density at radius 2 is 2.00 bits per heavy atom. The van der Waals surface area contributed by atoms with Gasteiger partial charge in [0, 0.05) is 29.7 Å². The monoisotopic (exact) mass is 337 g/mol. The maximum atomic E-state index is 12.3. The lowest BCUT2D eigenvalue weighted by molar-refractivity contribution is -0.384. The number of nitrogens with one attached hydrogen (secondary N) is 1. The highest BCUT2D eigenvalue weighted by atomic mass is 16.6. The number of nitro groups is 1. The first-order chi connectivity index (χ1) is 11.9. The van der Waals surface area contributed by atoms with E-state index in [0.717, 1.165) is 11.4 Å². The normalized spacial score (nSPS) is 10.5. The molecule has 0 unspecified atom stereocenters. The number of carbonyl (C=O) groups is 1. The van der Waals surface area contributed by atoms with Crippen molar-refractivity contribution in [3.63, 3.8) is 0 Å². The van der Waals surface area contributed by atoms with E-state index in [1.54, 1.807) is 22.9 Å². The summed E-state index contributed by atoms with van der Waals surface area (Å²) in [6.07, 6.45) is 1.44. The zero-order valence-electron chi connectivity index (χ0n) is 13.6. The SMILES string of the molecule is Cc1cc(C)n(-c2ccc(C(=O)Nc3cccc([N+](=O)[O-])c3)cn2)n1. The van der Waals surface area contributed by atoms with Crippen LogP contribution in [0.4, 0.5) is 11.4 Å². The summed E-state index contributed by atoms with van der Waals surface area (Å²) in [4.78, 5) is 26.8. The van der Waals surface area contributed by atoms with Gasteiger partial charge < -0.3 is 5.32 Å². The van der Waals surface area contributed by atoms with Crippen LogP contribution in [0.5, 0.6) is 0 Å². The largest absolute Gasteiger partial charge is 0.322 e. The van der Waals surface area contributed by atoms with Gasteiger partial charge in [0.25, 0.3) is 11.6 Å². The number of non-ortho nitro benzene ring substituents is 1. The molecule has 0 spiro atoms. The quantitative estimate of drug-likeness (QED) is 0.582. The third-order valence-electron chi connectivity index (χ3n) is 3.55. The lowest BCUT2D eigenvalue weighted by Gasteiger charge is -2.07. The highest BCUT2D eigenvalue weighted by Crippen LogP contribution is 2.18. The molecule has 1 aromatic carbocycles. The predicted molar refractivity (Wildman–Crippen MR) is 91.9 cm³/mol. The van der Waals surface area contributed by atoms with Crippen molar-refractivity contribution in [2.45, 2.75) is 13.8 Å². The van der Waals surface area contributed by atoms with Gasteiger partial charge in [0.15, 0.2) is 5.82 Å². The fourth-order valence-electron chi connectivity index (χ4n) is 2.41. The van der Waals surface area contributed by atoms with Gasteiger partial charge in [0.2, 0.25) is 0 Å². The van der Waals surface area contributed by atoms with Gasteiger partial charge in [-0.25, -0.2) is 9.67 Å². The van der Waals surface area contributed by atoms with E-state index in [1.165, 1.54) is 24.4 Å². The van der Waals surface area contributed by atoms with Crippen LogP contribution in [-0.4, -0.2) is 25.6 Å². The maximum absolute atomic E-state index is 12.3. The first-order valence-electron chi connectivity index (χ1n) is 7.49. The molecule has 0 aliphatic heterocycles. The van der Waals surface area contributed by atoms with E-state index in [2.05, 4.69) is 15.4 Å². The van der Waals surface area contributed by atoms with E-state index < -0.39 is 10.8 Å². The molecular weight excluding hydrogens is 322 g/mol. The summed E-state index contributed by atoms with van der Waals surface area (Å²) in [6.45, 7) is 3.81. The molecule has 1 amide bonds. The number of anilines is 1. The lowest BCUT2D eigenvalue weighted by atomic mass is 10.2. The van der Waals surface area contributed by atoms with E-state index >= 15 is 0 Å². The molecule has 2 heterocycles. The molecule has 2 aromatic heterocycles. The molecule has 0 atom stereocenters. The lowest BCUT2D eigenvalue weighted by Crippen LogP contribution is -2.13. The number of pyridine rings is 1. The second-order valence-corrected chi connectivity index (χ2v) is 5.51. The Bertz CT molecular complexity index is 947. The summed E-state index contributed by atoms with van der Waals surface area (Å²) in [6, 6.07) is 11.0.